The maximum Gasteiger partial charge on any atom is 0.335 e. The first-order valence-corrected chi connectivity index (χ1v) is 6.99. The lowest BCUT2D eigenvalue weighted by molar-refractivity contribution is 0.0697. The van der Waals surface area contributed by atoms with Gasteiger partial charge in [0.25, 0.3) is 0 Å². The second-order valence-corrected chi connectivity index (χ2v) is 5.37. The van der Waals surface area contributed by atoms with Crippen molar-refractivity contribution < 1.29 is 14.3 Å². The molecule has 2 aromatic carbocycles. The highest BCUT2D eigenvalue weighted by atomic mass is 19.1. The van der Waals surface area contributed by atoms with E-state index in [2.05, 4.69) is 17.4 Å². The van der Waals surface area contributed by atoms with E-state index in [-0.39, 0.29) is 11.3 Å². The molecule has 2 N–H and O–H groups in total. The van der Waals surface area contributed by atoms with Crippen LogP contribution in [-0.2, 0) is 6.54 Å². The summed E-state index contributed by atoms with van der Waals surface area (Å²) >= 11 is 0. The van der Waals surface area contributed by atoms with Gasteiger partial charge >= 0.3 is 5.97 Å². The van der Waals surface area contributed by atoms with E-state index in [4.69, 9.17) is 5.11 Å². The maximum atomic E-state index is 13.7. The van der Waals surface area contributed by atoms with Crippen molar-refractivity contribution in [2.24, 2.45) is 0 Å². The summed E-state index contributed by atoms with van der Waals surface area (Å²) in [6, 6.07) is 12.0. The number of nitrogens with one attached hydrogen (secondary N) is 1. The number of hydrogen-bond donors (Lipinski definition) is 2. The summed E-state index contributed by atoms with van der Waals surface area (Å²) in [5, 5.41) is 11.9. The van der Waals surface area contributed by atoms with Gasteiger partial charge in [-0.25, -0.2) is 9.18 Å². The SMILES string of the molecule is O=C(O)c1ccc(F)c(NCc2ccc(C3CC3)cc2)c1. The summed E-state index contributed by atoms with van der Waals surface area (Å²) in [6.45, 7) is 0.463. The van der Waals surface area contributed by atoms with Crippen LogP contribution in [0.5, 0.6) is 0 Å². The molecule has 0 aromatic heterocycles. The van der Waals surface area contributed by atoms with Crippen LogP contribution in [0.1, 0.15) is 40.2 Å². The Labute approximate surface area is 122 Å². The summed E-state index contributed by atoms with van der Waals surface area (Å²) in [6.07, 6.45) is 2.54. The van der Waals surface area contributed by atoms with Gasteiger partial charge in [-0.1, -0.05) is 24.3 Å². The summed E-state index contributed by atoms with van der Waals surface area (Å²) in [5.74, 6) is -0.793. The molecular formula is C17H16FNO2. The Morgan fingerprint density at radius 2 is 1.90 bits per heavy atom. The molecule has 1 aliphatic rings. The number of carboxylic acid groups (broad SMARTS) is 1. The number of benzene rings is 2. The molecule has 1 aliphatic carbocycles. The molecule has 108 valence electrons. The molecule has 0 saturated heterocycles. The van der Waals surface area contributed by atoms with Crippen LogP contribution in [0.4, 0.5) is 10.1 Å². The lowest BCUT2D eigenvalue weighted by Gasteiger charge is -2.09. The Balaban J connectivity index is 1.68. The number of aromatic carboxylic acids is 1. The van der Waals surface area contributed by atoms with E-state index in [9.17, 15) is 9.18 Å². The second-order valence-electron chi connectivity index (χ2n) is 5.37. The summed E-state index contributed by atoms with van der Waals surface area (Å²) in [4.78, 5) is 10.9. The molecule has 0 bridgehead atoms. The zero-order valence-electron chi connectivity index (χ0n) is 11.5. The van der Waals surface area contributed by atoms with Gasteiger partial charge in [-0.05, 0) is 48.1 Å². The normalized spacial score (nSPS) is 14.0. The van der Waals surface area contributed by atoms with Gasteiger partial charge in [-0.15, -0.1) is 0 Å². The highest BCUT2D eigenvalue weighted by Crippen LogP contribution is 2.39. The van der Waals surface area contributed by atoms with Gasteiger partial charge in [-0.3, -0.25) is 0 Å². The van der Waals surface area contributed by atoms with E-state index >= 15 is 0 Å². The van der Waals surface area contributed by atoms with Crippen molar-refractivity contribution >= 4 is 11.7 Å². The second kappa shape index (κ2) is 5.56. The highest BCUT2D eigenvalue weighted by Gasteiger charge is 2.22. The number of halogens is 1. The van der Waals surface area contributed by atoms with Crippen molar-refractivity contribution in [3.63, 3.8) is 0 Å². The molecule has 0 heterocycles. The number of rotatable bonds is 5. The molecule has 0 amide bonds. The fourth-order valence-electron chi connectivity index (χ4n) is 2.32. The summed E-state index contributed by atoms with van der Waals surface area (Å²) in [7, 11) is 0. The van der Waals surface area contributed by atoms with Gasteiger partial charge < -0.3 is 10.4 Å². The monoisotopic (exact) mass is 285 g/mol. The smallest absolute Gasteiger partial charge is 0.335 e. The summed E-state index contributed by atoms with van der Waals surface area (Å²) in [5.41, 5.74) is 2.68. The molecular weight excluding hydrogens is 269 g/mol. The Kier molecular flexibility index (Phi) is 3.60. The fraction of sp³-hybridized carbons (Fsp3) is 0.235. The summed E-state index contributed by atoms with van der Waals surface area (Å²) < 4.78 is 13.7. The Morgan fingerprint density at radius 1 is 1.19 bits per heavy atom. The molecule has 3 rings (SSSR count). The highest BCUT2D eigenvalue weighted by molar-refractivity contribution is 5.88. The Bertz CT molecular complexity index is 663. The van der Waals surface area contributed by atoms with Crippen LogP contribution in [0.25, 0.3) is 0 Å². The maximum absolute atomic E-state index is 13.7. The minimum absolute atomic E-state index is 0.0722. The fourth-order valence-corrected chi connectivity index (χ4v) is 2.32. The van der Waals surface area contributed by atoms with E-state index in [1.54, 1.807) is 0 Å². The number of anilines is 1. The first-order chi connectivity index (χ1) is 10.1. The van der Waals surface area contributed by atoms with Gasteiger partial charge in [0.15, 0.2) is 0 Å². The predicted molar refractivity (Wildman–Crippen MR) is 79.1 cm³/mol. The third-order valence-electron chi connectivity index (χ3n) is 3.72. The van der Waals surface area contributed by atoms with Gasteiger partial charge in [0, 0.05) is 6.54 Å². The Hall–Kier alpha value is -2.36. The van der Waals surface area contributed by atoms with Gasteiger partial charge in [0.05, 0.1) is 11.3 Å². The van der Waals surface area contributed by atoms with E-state index < -0.39 is 11.8 Å². The molecule has 4 heteroatoms. The van der Waals surface area contributed by atoms with Crippen LogP contribution in [-0.4, -0.2) is 11.1 Å². The van der Waals surface area contributed by atoms with Crippen molar-refractivity contribution in [2.75, 3.05) is 5.32 Å². The number of carboxylic acids is 1. The number of hydrogen-bond acceptors (Lipinski definition) is 2. The molecule has 1 fully saturated rings. The van der Waals surface area contributed by atoms with E-state index in [1.165, 1.54) is 36.6 Å². The average molecular weight is 285 g/mol. The van der Waals surface area contributed by atoms with Crippen LogP contribution < -0.4 is 5.32 Å². The number of carbonyl (C=O) groups is 1. The molecule has 21 heavy (non-hydrogen) atoms. The van der Waals surface area contributed by atoms with Gasteiger partial charge in [-0.2, -0.15) is 0 Å². The van der Waals surface area contributed by atoms with Crippen molar-refractivity contribution in [2.45, 2.75) is 25.3 Å². The molecule has 0 spiro atoms. The van der Waals surface area contributed by atoms with Crippen LogP contribution in [0, 0.1) is 5.82 Å². The third kappa shape index (κ3) is 3.21. The minimum atomic E-state index is -1.06. The van der Waals surface area contributed by atoms with Crippen molar-refractivity contribution in [3.8, 4) is 0 Å². The van der Waals surface area contributed by atoms with Gasteiger partial charge in [0.1, 0.15) is 5.82 Å². The minimum Gasteiger partial charge on any atom is -0.478 e. The molecule has 0 aliphatic heterocycles. The third-order valence-corrected chi connectivity index (χ3v) is 3.72. The first kappa shape index (κ1) is 13.6. The van der Waals surface area contributed by atoms with Crippen molar-refractivity contribution in [1.82, 2.24) is 0 Å². The van der Waals surface area contributed by atoms with Crippen LogP contribution in [0.2, 0.25) is 0 Å². The first-order valence-electron chi connectivity index (χ1n) is 6.99. The standard InChI is InChI=1S/C17H16FNO2/c18-15-8-7-14(17(20)21)9-16(15)19-10-11-1-3-12(4-2-11)13-5-6-13/h1-4,7-9,13,19H,5-6,10H2,(H,20,21). The zero-order valence-corrected chi connectivity index (χ0v) is 11.5. The molecule has 0 unspecified atom stereocenters. The lowest BCUT2D eigenvalue weighted by atomic mass is 10.1. The molecule has 3 nitrogen and oxygen atoms in total. The lowest BCUT2D eigenvalue weighted by Crippen LogP contribution is -2.04. The van der Waals surface area contributed by atoms with E-state index in [0.717, 1.165) is 11.5 Å². The van der Waals surface area contributed by atoms with Crippen molar-refractivity contribution in [1.29, 1.82) is 0 Å². The molecule has 2 aromatic rings. The quantitative estimate of drug-likeness (QED) is 0.872. The molecule has 1 saturated carbocycles. The molecule has 0 atom stereocenters. The average Bonchev–Trinajstić information content (AvgIpc) is 3.31. The molecule has 0 radical (unpaired) electrons. The van der Waals surface area contributed by atoms with Crippen LogP contribution in [0.15, 0.2) is 42.5 Å². The zero-order chi connectivity index (χ0) is 14.8. The van der Waals surface area contributed by atoms with Crippen LogP contribution in [0.3, 0.4) is 0 Å². The predicted octanol–water partition coefficient (Wildman–Crippen LogP) is 4.01. The topological polar surface area (TPSA) is 49.3 Å². The largest absolute Gasteiger partial charge is 0.478 e. The Morgan fingerprint density at radius 3 is 2.52 bits per heavy atom. The van der Waals surface area contributed by atoms with E-state index in [1.807, 2.05) is 12.1 Å². The van der Waals surface area contributed by atoms with Gasteiger partial charge in [0.2, 0.25) is 0 Å². The van der Waals surface area contributed by atoms with Crippen LogP contribution >= 0.6 is 0 Å². The van der Waals surface area contributed by atoms with E-state index in [0.29, 0.717) is 6.54 Å². The van der Waals surface area contributed by atoms with Crippen molar-refractivity contribution in [3.05, 3.63) is 65.0 Å².